The Morgan fingerprint density at radius 1 is 1.15 bits per heavy atom. The van der Waals surface area contributed by atoms with Crippen molar-refractivity contribution in [2.24, 2.45) is 5.92 Å². The maximum absolute atomic E-state index is 15.7. The number of halogens is 2. The number of rotatable bonds is 11. The molecule has 0 unspecified atom stereocenters. The second-order valence-corrected chi connectivity index (χ2v) is 14.5. The first kappa shape index (κ1) is 34.1. The molecule has 250 valence electrons. The zero-order valence-electron chi connectivity index (χ0n) is 27.3. The molecule has 46 heavy (non-hydrogen) atoms. The van der Waals surface area contributed by atoms with Gasteiger partial charge in [0.2, 0.25) is 5.91 Å². The van der Waals surface area contributed by atoms with Crippen LogP contribution in [0.5, 0.6) is 0 Å². The van der Waals surface area contributed by atoms with E-state index in [-0.39, 0.29) is 29.0 Å². The van der Waals surface area contributed by atoms with Gasteiger partial charge < -0.3 is 15.1 Å². The van der Waals surface area contributed by atoms with E-state index in [1.807, 2.05) is 33.0 Å². The fraction of sp³-hybridized carbons (Fsp3) is 0.588. The van der Waals surface area contributed by atoms with Gasteiger partial charge in [0.25, 0.3) is 11.5 Å². The normalized spacial score (nSPS) is 20.5. The van der Waals surface area contributed by atoms with Crippen molar-refractivity contribution in [3.63, 3.8) is 0 Å². The van der Waals surface area contributed by atoms with Crippen LogP contribution in [0.15, 0.2) is 41.5 Å². The predicted molar refractivity (Wildman–Crippen MR) is 179 cm³/mol. The largest absolute Gasteiger partial charge is 0.363 e. The van der Waals surface area contributed by atoms with Crippen LogP contribution in [-0.4, -0.2) is 79.7 Å². The van der Waals surface area contributed by atoms with Crippen molar-refractivity contribution in [1.29, 1.82) is 0 Å². The standard InChI is InChI=1S/C34H46F2N6O3S/c1-5-41(4)30(43)10-7-15-42-32-29(21-28(33(42)44)24-13-18-46(45)19-14-24)31(37-22-38-32)39-23(2)25-8-6-9-27(20-25)34(35,36)26-11-16-40(3)17-12-26/h6,8-9,20-24,26H,5,7,10-19H2,1-4H3,(H,37,38,39)/t23-,24?,46?/m1/s1. The lowest BCUT2D eigenvalue weighted by Crippen LogP contribution is -2.37. The SMILES string of the molecule is CCN(C)C(=O)CCCn1c(=O)c(C2CCS(=O)CC2)cc2c(N[C@H](C)c3cccc(C(F)(F)C4CCN(C)CC4)c3)ncnc21. The summed E-state index contributed by atoms with van der Waals surface area (Å²) in [6.07, 6.45) is 4.39. The number of hydrogen-bond acceptors (Lipinski definition) is 7. The number of fused-ring (bicyclic) bond motifs is 1. The number of benzene rings is 1. The van der Waals surface area contributed by atoms with Gasteiger partial charge in [-0.2, -0.15) is 0 Å². The molecule has 1 N–H and O–H groups in total. The molecule has 4 heterocycles. The molecule has 0 aliphatic carbocycles. The van der Waals surface area contributed by atoms with Crippen molar-refractivity contribution in [3.05, 3.63) is 63.7 Å². The van der Waals surface area contributed by atoms with Crippen molar-refractivity contribution >= 4 is 33.6 Å². The van der Waals surface area contributed by atoms with Crippen LogP contribution in [0, 0.1) is 5.92 Å². The average Bonchev–Trinajstić information content (AvgIpc) is 3.06. The third-order valence-corrected chi connectivity index (χ3v) is 11.1. The van der Waals surface area contributed by atoms with Crippen molar-refractivity contribution < 1.29 is 17.8 Å². The highest BCUT2D eigenvalue weighted by molar-refractivity contribution is 7.85. The van der Waals surface area contributed by atoms with Crippen molar-refractivity contribution in [1.82, 2.24) is 24.3 Å². The summed E-state index contributed by atoms with van der Waals surface area (Å²) in [6.45, 7) is 6.07. The highest BCUT2D eigenvalue weighted by atomic mass is 32.2. The molecule has 0 spiro atoms. The van der Waals surface area contributed by atoms with Gasteiger partial charge in [0.1, 0.15) is 17.8 Å². The number of pyridine rings is 1. The lowest BCUT2D eigenvalue weighted by molar-refractivity contribution is -0.129. The molecule has 2 aliphatic heterocycles. The van der Waals surface area contributed by atoms with E-state index in [2.05, 4.69) is 20.2 Å². The van der Waals surface area contributed by atoms with Crippen LogP contribution in [0.1, 0.15) is 81.0 Å². The first-order valence-corrected chi connectivity index (χ1v) is 17.9. The number of likely N-dealkylation sites (tertiary alicyclic amines) is 1. The number of hydrogen-bond donors (Lipinski definition) is 1. The summed E-state index contributed by atoms with van der Waals surface area (Å²) in [7, 11) is 2.85. The molecule has 2 aromatic heterocycles. The lowest BCUT2D eigenvalue weighted by atomic mass is 9.86. The fourth-order valence-corrected chi connectivity index (χ4v) is 7.89. The molecule has 9 nitrogen and oxygen atoms in total. The Balaban J connectivity index is 1.46. The molecule has 5 rings (SSSR count). The molecular formula is C34H46F2N6O3S. The molecule has 2 saturated heterocycles. The van der Waals surface area contributed by atoms with E-state index in [9.17, 15) is 13.8 Å². The van der Waals surface area contributed by atoms with Crippen LogP contribution in [-0.2, 0) is 28.1 Å². The van der Waals surface area contributed by atoms with Crippen LogP contribution in [0.4, 0.5) is 14.6 Å². The van der Waals surface area contributed by atoms with Crippen LogP contribution in [0.2, 0.25) is 0 Å². The zero-order valence-corrected chi connectivity index (χ0v) is 28.1. The summed E-state index contributed by atoms with van der Waals surface area (Å²) < 4.78 is 45.0. The lowest BCUT2D eigenvalue weighted by Gasteiger charge is -2.34. The van der Waals surface area contributed by atoms with E-state index in [0.717, 1.165) is 0 Å². The van der Waals surface area contributed by atoms with E-state index < -0.39 is 22.6 Å². The van der Waals surface area contributed by atoms with Gasteiger partial charge >= 0.3 is 0 Å². The highest BCUT2D eigenvalue weighted by Gasteiger charge is 2.42. The number of nitrogens with zero attached hydrogens (tertiary/aromatic N) is 5. The van der Waals surface area contributed by atoms with Gasteiger partial charge in [-0.3, -0.25) is 18.4 Å². The van der Waals surface area contributed by atoms with E-state index >= 15 is 8.78 Å². The third kappa shape index (κ3) is 7.48. The second-order valence-electron chi connectivity index (χ2n) is 12.8. The zero-order chi connectivity index (χ0) is 33.0. The number of nitrogens with one attached hydrogen (secondary N) is 1. The van der Waals surface area contributed by atoms with Crippen molar-refractivity contribution in [2.45, 2.75) is 76.8 Å². The minimum atomic E-state index is -2.93. The molecule has 3 aromatic rings. The van der Waals surface area contributed by atoms with Crippen LogP contribution >= 0.6 is 0 Å². The number of carbonyl (C=O) groups excluding carboxylic acids is 1. The first-order chi connectivity index (χ1) is 22.0. The van der Waals surface area contributed by atoms with Gasteiger partial charge in [-0.1, -0.05) is 18.2 Å². The summed E-state index contributed by atoms with van der Waals surface area (Å²) >= 11 is 0. The Labute approximate surface area is 272 Å². The van der Waals surface area contributed by atoms with Gasteiger partial charge in [0.15, 0.2) is 0 Å². The van der Waals surface area contributed by atoms with Crippen molar-refractivity contribution in [2.75, 3.05) is 50.6 Å². The predicted octanol–water partition coefficient (Wildman–Crippen LogP) is 5.28. The molecule has 2 fully saturated rings. The van der Waals surface area contributed by atoms with Gasteiger partial charge in [0, 0.05) is 71.9 Å². The maximum Gasteiger partial charge on any atom is 0.276 e. The molecule has 0 bridgehead atoms. The van der Waals surface area contributed by atoms with Gasteiger partial charge in [-0.05, 0) is 89.7 Å². The summed E-state index contributed by atoms with van der Waals surface area (Å²) in [6, 6.07) is 8.11. The number of amides is 1. The number of carbonyl (C=O) groups is 1. The first-order valence-electron chi connectivity index (χ1n) is 16.4. The van der Waals surface area contributed by atoms with Crippen molar-refractivity contribution in [3.8, 4) is 0 Å². The maximum atomic E-state index is 15.7. The molecule has 2 aliphatic rings. The molecule has 1 amide bonds. The summed E-state index contributed by atoms with van der Waals surface area (Å²) in [5.41, 5.74) is 1.67. The van der Waals surface area contributed by atoms with E-state index in [1.165, 1.54) is 12.4 Å². The Bertz CT molecular complexity index is 1610. The van der Waals surface area contributed by atoms with Gasteiger partial charge in [-0.15, -0.1) is 0 Å². The summed E-state index contributed by atoms with van der Waals surface area (Å²) in [5.74, 6) is -2.06. The highest BCUT2D eigenvalue weighted by Crippen LogP contribution is 2.42. The Kier molecular flexibility index (Phi) is 10.9. The Morgan fingerprint density at radius 3 is 2.57 bits per heavy atom. The average molecular weight is 657 g/mol. The second kappa shape index (κ2) is 14.7. The topological polar surface area (TPSA) is 100 Å². The number of aryl methyl sites for hydroxylation is 1. The summed E-state index contributed by atoms with van der Waals surface area (Å²) in [5, 5.41) is 4.07. The minimum Gasteiger partial charge on any atom is -0.363 e. The monoisotopic (exact) mass is 656 g/mol. The van der Waals surface area contributed by atoms with E-state index in [4.69, 9.17) is 0 Å². The quantitative estimate of drug-likeness (QED) is 0.300. The van der Waals surface area contributed by atoms with E-state index in [0.29, 0.717) is 104 Å². The van der Waals surface area contributed by atoms with Gasteiger partial charge in [-0.25, -0.2) is 18.7 Å². The van der Waals surface area contributed by atoms with Crippen LogP contribution < -0.4 is 10.9 Å². The fourth-order valence-electron chi connectivity index (χ4n) is 6.59. The van der Waals surface area contributed by atoms with Crippen LogP contribution in [0.3, 0.4) is 0 Å². The smallest absolute Gasteiger partial charge is 0.276 e. The third-order valence-electron chi connectivity index (χ3n) is 9.77. The number of aromatic nitrogens is 3. The number of piperidine rings is 1. The summed E-state index contributed by atoms with van der Waals surface area (Å²) in [4.78, 5) is 39.2. The number of anilines is 1. The molecular weight excluding hydrogens is 610 g/mol. The Morgan fingerprint density at radius 2 is 1.87 bits per heavy atom. The molecule has 1 aromatic carbocycles. The molecule has 0 radical (unpaired) electrons. The molecule has 0 saturated carbocycles. The molecule has 1 atom stereocenters. The van der Waals surface area contributed by atoms with Crippen LogP contribution in [0.25, 0.3) is 11.0 Å². The minimum absolute atomic E-state index is 0.0141. The number of alkyl halides is 2. The molecule has 12 heteroatoms. The van der Waals surface area contributed by atoms with E-state index in [1.54, 1.807) is 28.6 Å². The van der Waals surface area contributed by atoms with Gasteiger partial charge in [0.05, 0.1) is 5.39 Å². The Hall–Kier alpha value is -3.25.